The number of fused-ring (bicyclic) bond motifs is 1. The van der Waals surface area contributed by atoms with Crippen LogP contribution in [0.2, 0.25) is 0 Å². The summed E-state index contributed by atoms with van der Waals surface area (Å²) in [5.41, 5.74) is 2.52. The van der Waals surface area contributed by atoms with Crippen LogP contribution in [0.1, 0.15) is 24.0 Å². The van der Waals surface area contributed by atoms with Crippen molar-refractivity contribution < 1.29 is 17.6 Å². The molecular weight excluding hydrogens is 319 g/mol. The van der Waals surface area contributed by atoms with E-state index in [0.29, 0.717) is 18.7 Å². The lowest BCUT2D eigenvalue weighted by atomic mass is 9.96. The predicted octanol–water partition coefficient (Wildman–Crippen LogP) is 1.19. The second-order valence-electron chi connectivity index (χ2n) is 6.38. The number of carbonyl (C=O) groups excluding carboxylic acids is 1. The van der Waals surface area contributed by atoms with E-state index in [1.165, 1.54) is 6.07 Å². The number of amides is 1. The van der Waals surface area contributed by atoms with Gasteiger partial charge in [0.15, 0.2) is 9.84 Å². The monoisotopic (exact) mass is 340 g/mol. The molecule has 1 saturated heterocycles. The molecule has 1 fully saturated rings. The zero-order chi connectivity index (χ0) is 16.6. The minimum Gasteiger partial charge on any atom is -0.360 e. The molecular formula is C16H21FN2O3S. The van der Waals surface area contributed by atoms with Crippen molar-refractivity contribution >= 4 is 21.4 Å². The third-order valence-corrected chi connectivity index (χ3v) is 6.34. The van der Waals surface area contributed by atoms with Gasteiger partial charge in [-0.25, -0.2) is 12.8 Å². The van der Waals surface area contributed by atoms with Gasteiger partial charge in [0.25, 0.3) is 0 Å². The molecule has 0 saturated carbocycles. The zero-order valence-electron chi connectivity index (χ0n) is 13.1. The first-order valence-corrected chi connectivity index (χ1v) is 9.70. The summed E-state index contributed by atoms with van der Waals surface area (Å²) < 4.78 is 37.1. The third kappa shape index (κ3) is 3.49. The SMILES string of the molecule is Cc1ccc(F)c2c1CCCN2CC(=O)NC1CCS(=O)(=O)C1. The van der Waals surface area contributed by atoms with Gasteiger partial charge in [-0.3, -0.25) is 4.79 Å². The Balaban J connectivity index is 1.70. The molecule has 0 spiro atoms. The van der Waals surface area contributed by atoms with E-state index in [1.807, 2.05) is 6.92 Å². The van der Waals surface area contributed by atoms with Crippen molar-refractivity contribution in [1.82, 2.24) is 5.32 Å². The minimum absolute atomic E-state index is 0.00277. The Morgan fingerprint density at radius 3 is 2.91 bits per heavy atom. The zero-order valence-corrected chi connectivity index (χ0v) is 14.0. The largest absolute Gasteiger partial charge is 0.360 e. The number of aryl methyl sites for hydroxylation is 1. The van der Waals surface area contributed by atoms with Crippen molar-refractivity contribution in [2.75, 3.05) is 29.5 Å². The van der Waals surface area contributed by atoms with E-state index in [1.54, 1.807) is 11.0 Å². The molecule has 0 aromatic heterocycles. The molecule has 23 heavy (non-hydrogen) atoms. The van der Waals surface area contributed by atoms with Crippen LogP contribution >= 0.6 is 0 Å². The van der Waals surface area contributed by atoms with Gasteiger partial charge >= 0.3 is 0 Å². The van der Waals surface area contributed by atoms with Crippen LogP contribution in [0.15, 0.2) is 12.1 Å². The number of hydrogen-bond acceptors (Lipinski definition) is 4. The summed E-state index contributed by atoms with van der Waals surface area (Å²) in [6, 6.07) is 2.88. The lowest BCUT2D eigenvalue weighted by Gasteiger charge is -2.32. The van der Waals surface area contributed by atoms with E-state index in [0.717, 1.165) is 24.0 Å². The number of nitrogens with zero attached hydrogens (tertiary/aromatic N) is 1. The molecule has 1 unspecified atom stereocenters. The van der Waals surface area contributed by atoms with Crippen LogP contribution in [0.4, 0.5) is 10.1 Å². The number of hydrogen-bond donors (Lipinski definition) is 1. The van der Waals surface area contributed by atoms with Gasteiger partial charge in [-0.15, -0.1) is 0 Å². The van der Waals surface area contributed by atoms with Gasteiger partial charge in [-0.1, -0.05) is 6.07 Å². The van der Waals surface area contributed by atoms with Crippen molar-refractivity contribution in [3.05, 3.63) is 29.1 Å². The fraction of sp³-hybridized carbons (Fsp3) is 0.562. The molecule has 5 nitrogen and oxygen atoms in total. The summed E-state index contributed by atoms with van der Waals surface area (Å²) in [5.74, 6) is -0.427. The van der Waals surface area contributed by atoms with Gasteiger partial charge in [0.1, 0.15) is 5.82 Å². The number of benzene rings is 1. The topological polar surface area (TPSA) is 66.5 Å². The third-order valence-electron chi connectivity index (χ3n) is 4.57. The Morgan fingerprint density at radius 1 is 1.43 bits per heavy atom. The van der Waals surface area contributed by atoms with E-state index < -0.39 is 9.84 Å². The Bertz CT molecular complexity index is 733. The second kappa shape index (κ2) is 6.11. The van der Waals surface area contributed by atoms with E-state index in [9.17, 15) is 17.6 Å². The number of nitrogens with one attached hydrogen (secondary N) is 1. The van der Waals surface area contributed by atoms with Gasteiger partial charge < -0.3 is 10.2 Å². The average molecular weight is 340 g/mol. The molecule has 126 valence electrons. The fourth-order valence-corrected chi connectivity index (χ4v) is 5.11. The smallest absolute Gasteiger partial charge is 0.239 e. The maximum absolute atomic E-state index is 14.2. The molecule has 3 rings (SSSR count). The maximum Gasteiger partial charge on any atom is 0.239 e. The van der Waals surface area contributed by atoms with Crippen LogP contribution in [0.3, 0.4) is 0 Å². The Hall–Kier alpha value is -1.63. The molecule has 0 aliphatic carbocycles. The first-order chi connectivity index (χ1) is 10.9. The first-order valence-electron chi connectivity index (χ1n) is 7.88. The predicted molar refractivity (Wildman–Crippen MR) is 86.9 cm³/mol. The van der Waals surface area contributed by atoms with Crippen molar-refractivity contribution in [1.29, 1.82) is 0 Å². The number of halogens is 1. The average Bonchev–Trinajstić information content (AvgIpc) is 2.82. The van der Waals surface area contributed by atoms with Crippen LogP contribution in [0.25, 0.3) is 0 Å². The number of carbonyl (C=O) groups is 1. The van der Waals surface area contributed by atoms with Crippen molar-refractivity contribution in [3.63, 3.8) is 0 Å². The molecule has 1 N–H and O–H groups in total. The quantitative estimate of drug-likeness (QED) is 0.898. The molecule has 7 heteroatoms. The summed E-state index contributed by atoms with van der Waals surface area (Å²) >= 11 is 0. The number of rotatable bonds is 3. The molecule has 0 radical (unpaired) electrons. The van der Waals surface area contributed by atoms with Crippen LogP contribution < -0.4 is 10.2 Å². The highest BCUT2D eigenvalue weighted by atomic mass is 32.2. The summed E-state index contributed by atoms with van der Waals surface area (Å²) in [5, 5.41) is 2.76. The van der Waals surface area contributed by atoms with Gasteiger partial charge in [-0.2, -0.15) is 0 Å². The normalized spacial score (nSPS) is 22.7. The van der Waals surface area contributed by atoms with E-state index in [2.05, 4.69) is 5.32 Å². The highest BCUT2D eigenvalue weighted by Gasteiger charge is 2.30. The molecule has 1 amide bonds. The highest BCUT2D eigenvalue weighted by molar-refractivity contribution is 7.91. The van der Waals surface area contributed by atoms with Gasteiger partial charge in [0.05, 0.1) is 23.7 Å². The van der Waals surface area contributed by atoms with Gasteiger partial charge in [0.2, 0.25) is 5.91 Å². The maximum atomic E-state index is 14.2. The van der Waals surface area contributed by atoms with Crippen molar-refractivity contribution in [2.45, 2.75) is 32.2 Å². The Labute approximate surface area is 135 Å². The van der Waals surface area contributed by atoms with Crippen molar-refractivity contribution in [3.8, 4) is 0 Å². The van der Waals surface area contributed by atoms with Crippen LogP contribution in [0, 0.1) is 12.7 Å². The highest BCUT2D eigenvalue weighted by Crippen LogP contribution is 2.32. The molecule has 2 aliphatic rings. The Kier molecular flexibility index (Phi) is 4.31. The lowest BCUT2D eigenvalue weighted by Crippen LogP contribution is -2.44. The van der Waals surface area contributed by atoms with Gasteiger partial charge in [-0.05, 0) is 43.4 Å². The van der Waals surface area contributed by atoms with Crippen LogP contribution in [-0.2, 0) is 21.1 Å². The molecule has 1 aromatic carbocycles. The number of sulfone groups is 1. The summed E-state index contributed by atoms with van der Waals surface area (Å²) in [6.07, 6.45) is 2.15. The van der Waals surface area contributed by atoms with Gasteiger partial charge in [0, 0.05) is 12.6 Å². The molecule has 1 aromatic rings. The first kappa shape index (κ1) is 16.2. The van der Waals surface area contributed by atoms with E-state index >= 15 is 0 Å². The summed E-state index contributed by atoms with van der Waals surface area (Å²) in [6.45, 7) is 2.64. The van der Waals surface area contributed by atoms with E-state index in [-0.39, 0.29) is 35.8 Å². The van der Waals surface area contributed by atoms with Crippen molar-refractivity contribution in [2.24, 2.45) is 0 Å². The Morgan fingerprint density at radius 2 is 2.22 bits per heavy atom. The molecule has 2 aliphatic heterocycles. The van der Waals surface area contributed by atoms with E-state index in [4.69, 9.17) is 0 Å². The standard InChI is InChI=1S/C16H21FN2O3S/c1-11-4-5-14(17)16-13(11)3-2-7-19(16)9-15(20)18-12-6-8-23(21,22)10-12/h4-5,12H,2-3,6-10H2,1H3,(H,18,20). The second-order valence-corrected chi connectivity index (χ2v) is 8.61. The summed E-state index contributed by atoms with van der Waals surface area (Å²) in [7, 11) is -3.02. The molecule has 2 heterocycles. The minimum atomic E-state index is -3.02. The van der Waals surface area contributed by atoms with Crippen LogP contribution in [0.5, 0.6) is 0 Å². The number of anilines is 1. The lowest BCUT2D eigenvalue weighted by molar-refractivity contribution is -0.120. The van der Waals surface area contributed by atoms with Crippen LogP contribution in [-0.4, -0.2) is 45.0 Å². The summed E-state index contributed by atoms with van der Waals surface area (Å²) in [4.78, 5) is 14.0. The molecule has 1 atom stereocenters. The molecule has 0 bridgehead atoms. The fourth-order valence-electron chi connectivity index (χ4n) is 3.44.